The molecule has 0 aromatic heterocycles. The Morgan fingerprint density at radius 2 is 1.70 bits per heavy atom. The van der Waals surface area contributed by atoms with E-state index in [2.05, 4.69) is 34.0 Å². The van der Waals surface area contributed by atoms with Gasteiger partial charge in [0, 0.05) is 15.0 Å². The van der Waals surface area contributed by atoms with Crippen LogP contribution in [0.5, 0.6) is 5.75 Å². The van der Waals surface area contributed by atoms with Gasteiger partial charge in [-0.25, -0.2) is 4.86 Å². The van der Waals surface area contributed by atoms with Crippen LogP contribution in [0.15, 0.2) is 60.7 Å². The molecule has 0 saturated carbocycles. The standard InChI is InChI=1S/C13H16N3OP3/c1-3-7-12(8-4-1)11-20-15-18-14-19-16(20)17-13-9-5-2-6-10-13/h1-10,14-15,18-19H,11H2. The first-order chi connectivity index (χ1) is 9.92. The van der Waals surface area contributed by atoms with E-state index in [9.17, 15) is 0 Å². The highest BCUT2D eigenvalue weighted by Gasteiger charge is 2.24. The fourth-order valence-corrected chi connectivity index (χ4v) is 6.94. The van der Waals surface area contributed by atoms with E-state index in [-0.39, 0.29) is 0 Å². The van der Waals surface area contributed by atoms with Crippen LogP contribution in [0.3, 0.4) is 0 Å². The van der Waals surface area contributed by atoms with Gasteiger partial charge in [0.25, 0.3) is 0 Å². The van der Waals surface area contributed by atoms with E-state index in [1.807, 2.05) is 41.0 Å². The van der Waals surface area contributed by atoms with Crippen LogP contribution in [0, 0.1) is 0 Å². The molecule has 2 N–H and O–H groups in total. The van der Waals surface area contributed by atoms with Crippen molar-refractivity contribution < 1.29 is 4.84 Å². The van der Waals surface area contributed by atoms with Gasteiger partial charge in [0.15, 0.2) is 0 Å². The van der Waals surface area contributed by atoms with Gasteiger partial charge < -0.3 is 4.84 Å². The lowest BCUT2D eigenvalue weighted by Gasteiger charge is -2.34. The molecule has 0 aliphatic carbocycles. The summed E-state index contributed by atoms with van der Waals surface area (Å²) in [5.74, 6) is 0.884. The largest absolute Gasteiger partial charge is 0.396 e. The maximum absolute atomic E-state index is 5.99. The fourth-order valence-electron chi connectivity index (χ4n) is 1.79. The number of rotatable bonds is 4. The molecule has 3 atom stereocenters. The summed E-state index contributed by atoms with van der Waals surface area (Å²) < 4.78 is 2.05. The first-order valence-corrected chi connectivity index (χ1v) is 9.70. The van der Waals surface area contributed by atoms with Crippen LogP contribution in [0.25, 0.3) is 0 Å². The summed E-state index contributed by atoms with van der Waals surface area (Å²) in [7, 11) is 0.578. The molecule has 7 heteroatoms. The molecule has 0 spiro atoms. The van der Waals surface area contributed by atoms with Gasteiger partial charge in [0.2, 0.25) is 0 Å². The topological polar surface area (TPSA) is 36.5 Å². The first-order valence-electron chi connectivity index (χ1n) is 6.28. The van der Waals surface area contributed by atoms with Gasteiger partial charge in [0.05, 0.1) is 17.1 Å². The minimum Gasteiger partial charge on any atom is -0.396 e. The normalized spacial score (nSPS) is 22.1. The third-order valence-corrected chi connectivity index (χ3v) is 7.65. The van der Waals surface area contributed by atoms with Crippen LogP contribution in [-0.2, 0) is 6.16 Å². The summed E-state index contributed by atoms with van der Waals surface area (Å²) in [6, 6.07) is 20.5. The molecule has 1 aliphatic rings. The number of benzene rings is 2. The van der Waals surface area contributed by atoms with Gasteiger partial charge in [-0.2, -0.15) is 0 Å². The zero-order valence-corrected chi connectivity index (χ0v) is 13.7. The average molecular weight is 323 g/mol. The molecule has 20 heavy (non-hydrogen) atoms. The van der Waals surface area contributed by atoms with Crippen LogP contribution >= 0.6 is 26.0 Å². The van der Waals surface area contributed by atoms with Gasteiger partial charge in [-0.15, -0.1) is 0 Å². The van der Waals surface area contributed by atoms with Crippen molar-refractivity contribution in [2.75, 3.05) is 0 Å². The highest BCUT2D eigenvalue weighted by molar-refractivity contribution is 7.72. The molecule has 0 bridgehead atoms. The first kappa shape index (κ1) is 14.4. The molecular formula is C13H16N3OP3. The van der Waals surface area contributed by atoms with Crippen LogP contribution in [0.1, 0.15) is 5.56 Å². The molecule has 1 fully saturated rings. The maximum atomic E-state index is 5.99. The summed E-state index contributed by atoms with van der Waals surface area (Å²) in [5, 5.41) is 0. The molecule has 1 saturated heterocycles. The molecule has 0 radical (unpaired) electrons. The fraction of sp³-hybridized carbons (Fsp3) is 0.0769. The van der Waals surface area contributed by atoms with Gasteiger partial charge in [-0.3, -0.25) is 4.86 Å². The molecule has 104 valence electrons. The second-order valence-corrected chi connectivity index (χ2v) is 8.82. The Labute approximate surface area is 123 Å². The third-order valence-electron chi connectivity index (χ3n) is 2.73. The van der Waals surface area contributed by atoms with E-state index in [1.165, 1.54) is 5.56 Å². The van der Waals surface area contributed by atoms with Gasteiger partial charge in [-0.1, -0.05) is 53.1 Å². The van der Waals surface area contributed by atoms with E-state index < -0.39 is 8.22 Å². The van der Waals surface area contributed by atoms with Crippen molar-refractivity contribution in [3.63, 3.8) is 0 Å². The number of nitrogens with one attached hydrogen (secondary N) is 2. The van der Waals surface area contributed by atoms with Crippen molar-refractivity contribution in [2.24, 2.45) is 0 Å². The number of nitrogens with zero attached hydrogens (tertiary/aromatic N) is 1. The van der Waals surface area contributed by atoms with Crippen molar-refractivity contribution in [2.45, 2.75) is 6.16 Å². The zero-order valence-electron chi connectivity index (χ0n) is 10.8. The third kappa shape index (κ3) is 3.96. The smallest absolute Gasteiger partial charge is 0.148 e. The van der Waals surface area contributed by atoms with Crippen molar-refractivity contribution >= 4 is 26.0 Å². The van der Waals surface area contributed by atoms with E-state index >= 15 is 0 Å². The van der Waals surface area contributed by atoms with Crippen LogP contribution in [0.2, 0.25) is 0 Å². The average Bonchev–Trinajstić information content (AvgIpc) is 2.51. The summed E-state index contributed by atoms with van der Waals surface area (Å²) in [6.07, 6.45) is 0.991. The molecular weight excluding hydrogens is 307 g/mol. The van der Waals surface area contributed by atoms with E-state index in [1.54, 1.807) is 0 Å². The van der Waals surface area contributed by atoms with Crippen LogP contribution in [0.4, 0.5) is 0 Å². The molecule has 2 aromatic rings. The summed E-state index contributed by atoms with van der Waals surface area (Å²) in [5.41, 5.74) is 1.34. The van der Waals surface area contributed by atoms with Crippen LogP contribution in [-0.4, -0.2) is 4.60 Å². The Bertz CT molecular complexity index is 479. The summed E-state index contributed by atoms with van der Waals surface area (Å²) >= 11 is 0. The van der Waals surface area contributed by atoms with E-state index in [0.29, 0.717) is 17.8 Å². The minimum absolute atomic E-state index is 0.490. The number of para-hydroxylation sites is 1. The number of hydrogen-bond donors (Lipinski definition) is 2. The molecule has 1 aliphatic heterocycles. The lowest BCUT2D eigenvalue weighted by atomic mass is 10.2. The second kappa shape index (κ2) is 7.43. The van der Waals surface area contributed by atoms with Crippen LogP contribution < -0.4 is 14.6 Å². The predicted octanol–water partition coefficient (Wildman–Crippen LogP) is 4.00. The molecule has 3 rings (SSSR count). The van der Waals surface area contributed by atoms with E-state index in [0.717, 1.165) is 11.9 Å². The van der Waals surface area contributed by atoms with Crippen molar-refractivity contribution in [1.82, 2.24) is 14.3 Å². The molecule has 2 aromatic carbocycles. The monoisotopic (exact) mass is 323 g/mol. The summed E-state index contributed by atoms with van der Waals surface area (Å²) in [6.45, 7) is 0. The summed E-state index contributed by atoms with van der Waals surface area (Å²) in [4.78, 5) is 12.9. The van der Waals surface area contributed by atoms with E-state index in [4.69, 9.17) is 4.84 Å². The lowest BCUT2D eigenvalue weighted by molar-refractivity contribution is 0.142. The SMILES string of the molecule is c1ccc(CP2NPNPN2Oc2ccccc2)cc1. The predicted molar refractivity (Wildman–Crippen MR) is 88.9 cm³/mol. The zero-order chi connectivity index (χ0) is 13.6. The van der Waals surface area contributed by atoms with Gasteiger partial charge in [-0.05, 0) is 17.7 Å². The Morgan fingerprint density at radius 1 is 1.00 bits per heavy atom. The van der Waals surface area contributed by atoms with Gasteiger partial charge in [0.1, 0.15) is 5.75 Å². The number of hydrogen-bond acceptors (Lipinski definition) is 4. The molecule has 3 unspecified atom stereocenters. The second-order valence-electron chi connectivity index (χ2n) is 4.19. The lowest BCUT2D eigenvalue weighted by Crippen LogP contribution is -2.25. The van der Waals surface area contributed by atoms with Gasteiger partial charge >= 0.3 is 0 Å². The maximum Gasteiger partial charge on any atom is 0.148 e. The highest BCUT2D eigenvalue weighted by atomic mass is 31.2. The Morgan fingerprint density at radius 3 is 2.45 bits per heavy atom. The molecule has 4 nitrogen and oxygen atoms in total. The minimum atomic E-state index is -0.512. The van der Waals surface area contributed by atoms with Crippen molar-refractivity contribution in [3.8, 4) is 5.75 Å². The Kier molecular flexibility index (Phi) is 5.33. The quantitative estimate of drug-likeness (QED) is 0.834. The Balaban J connectivity index is 1.68. The van der Waals surface area contributed by atoms with Crippen molar-refractivity contribution in [1.29, 1.82) is 0 Å². The molecule has 1 heterocycles. The van der Waals surface area contributed by atoms with Crippen molar-refractivity contribution in [3.05, 3.63) is 66.2 Å². The Hall–Kier alpha value is -0.590. The molecule has 0 amide bonds. The highest BCUT2D eigenvalue weighted by Crippen LogP contribution is 2.52.